The quantitative estimate of drug-likeness (QED) is 0.405. The molecule has 1 aliphatic rings. The fourth-order valence-electron chi connectivity index (χ4n) is 2.94. The maximum Gasteiger partial charge on any atom is -0.0348 e. The van der Waals surface area contributed by atoms with Crippen molar-refractivity contribution in [2.24, 2.45) is 0 Å². The number of rotatable bonds is 0. The molecule has 0 bridgehead atoms. The van der Waals surface area contributed by atoms with Crippen molar-refractivity contribution in [3.63, 3.8) is 0 Å². The summed E-state index contributed by atoms with van der Waals surface area (Å²) in [5.74, 6) is 0. The Kier molecular flexibility index (Phi) is 13.0. The molecule has 0 nitrogen and oxygen atoms in total. The van der Waals surface area contributed by atoms with Crippen LogP contribution in [0, 0.1) is 0 Å². The summed E-state index contributed by atoms with van der Waals surface area (Å²) >= 11 is 0. The maximum atomic E-state index is 2.40. The Morgan fingerprint density at radius 3 is 0.850 bits per heavy atom. The standard InChI is InChI=1S/C20H36/c1-2-4-6-8-10-12-14-16-18-20-19-17-15-13-11-9-7-5-3-1/h1-2,9,11H,3-8,10,12-20H2/b2-1-,11-9-. The van der Waals surface area contributed by atoms with Crippen LogP contribution in [0.2, 0.25) is 0 Å². The minimum absolute atomic E-state index is 1.27. The molecule has 0 aromatic rings. The van der Waals surface area contributed by atoms with Gasteiger partial charge in [0.05, 0.1) is 0 Å². The molecule has 0 heterocycles. The van der Waals surface area contributed by atoms with Crippen LogP contribution in [0.3, 0.4) is 0 Å². The van der Waals surface area contributed by atoms with Crippen LogP contribution >= 0.6 is 0 Å². The predicted octanol–water partition coefficient (Wildman–Crippen LogP) is 7.35. The molecule has 20 heavy (non-hydrogen) atoms. The smallest absolute Gasteiger partial charge is 0.0348 e. The predicted molar refractivity (Wildman–Crippen MR) is 92.2 cm³/mol. The van der Waals surface area contributed by atoms with Gasteiger partial charge in [-0.3, -0.25) is 0 Å². The van der Waals surface area contributed by atoms with E-state index in [2.05, 4.69) is 24.3 Å². The van der Waals surface area contributed by atoms with Gasteiger partial charge < -0.3 is 0 Å². The van der Waals surface area contributed by atoms with Gasteiger partial charge in [-0.15, -0.1) is 0 Å². The fourth-order valence-corrected chi connectivity index (χ4v) is 2.94. The Bertz CT molecular complexity index is 212. The highest BCUT2D eigenvalue weighted by Crippen LogP contribution is 2.13. The summed E-state index contributed by atoms with van der Waals surface area (Å²) in [6.07, 6.45) is 32.0. The van der Waals surface area contributed by atoms with Crippen LogP contribution in [-0.2, 0) is 0 Å². The Balaban J connectivity index is 2.11. The average molecular weight is 277 g/mol. The van der Waals surface area contributed by atoms with Gasteiger partial charge >= 0.3 is 0 Å². The Morgan fingerprint density at radius 2 is 0.500 bits per heavy atom. The minimum Gasteiger partial charge on any atom is -0.0885 e. The van der Waals surface area contributed by atoms with Crippen LogP contribution in [-0.4, -0.2) is 0 Å². The first kappa shape index (κ1) is 17.5. The second-order valence-electron chi connectivity index (χ2n) is 6.34. The highest BCUT2D eigenvalue weighted by molar-refractivity contribution is 4.85. The molecule has 0 saturated carbocycles. The van der Waals surface area contributed by atoms with Gasteiger partial charge in [-0.05, 0) is 44.9 Å². The largest absolute Gasteiger partial charge is 0.0885 e. The zero-order chi connectivity index (χ0) is 14.1. The van der Waals surface area contributed by atoms with Gasteiger partial charge in [0.1, 0.15) is 0 Å². The van der Waals surface area contributed by atoms with E-state index in [0.29, 0.717) is 0 Å². The molecule has 1 rings (SSSR count). The normalized spacial score (nSPS) is 25.6. The average Bonchev–Trinajstić information content (AvgIpc) is 2.46. The molecular weight excluding hydrogens is 240 g/mol. The summed E-state index contributed by atoms with van der Waals surface area (Å²) in [6.45, 7) is 0. The van der Waals surface area contributed by atoms with E-state index in [1.165, 1.54) is 103 Å². The van der Waals surface area contributed by atoms with Crippen molar-refractivity contribution < 1.29 is 0 Å². The van der Waals surface area contributed by atoms with Crippen molar-refractivity contribution in [3.05, 3.63) is 24.3 Å². The zero-order valence-electron chi connectivity index (χ0n) is 13.6. The molecule has 0 radical (unpaired) electrons. The van der Waals surface area contributed by atoms with Gasteiger partial charge in [0, 0.05) is 0 Å². The maximum absolute atomic E-state index is 2.40. The third kappa shape index (κ3) is 12.5. The highest BCUT2D eigenvalue weighted by Gasteiger charge is 1.93. The van der Waals surface area contributed by atoms with E-state index < -0.39 is 0 Å². The number of hydrogen-bond acceptors (Lipinski definition) is 0. The van der Waals surface area contributed by atoms with Gasteiger partial charge in [-0.1, -0.05) is 82.1 Å². The lowest BCUT2D eigenvalue weighted by molar-refractivity contribution is 0.547. The SMILES string of the molecule is C1=C\CCCCCCCCCCCCC/C=C\CCC/1. The molecule has 116 valence electrons. The van der Waals surface area contributed by atoms with E-state index in [1.807, 2.05) is 0 Å². The van der Waals surface area contributed by atoms with E-state index in [-0.39, 0.29) is 0 Å². The van der Waals surface area contributed by atoms with Gasteiger partial charge in [-0.2, -0.15) is 0 Å². The monoisotopic (exact) mass is 276 g/mol. The molecule has 0 atom stereocenters. The second kappa shape index (κ2) is 14.9. The molecule has 0 spiro atoms. The van der Waals surface area contributed by atoms with Crippen molar-refractivity contribution >= 4 is 0 Å². The van der Waals surface area contributed by atoms with E-state index in [0.717, 1.165) is 0 Å². The van der Waals surface area contributed by atoms with Gasteiger partial charge in [0.25, 0.3) is 0 Å². The molecule has 0 heteroatoms. The van der Waals surface area contributed by atoms with Crippen molar-refractivity contribution in [1.29, 1.82) is 0 Å². The Labute approximate surface area is 127 Å². The molecule has 0 aromatic carbocycles. The first-order valence-electron chi connectivity index (χ1n) is 9.30. The molecule has 0 aliphatic heterocycles. The summed E-state index contributed by atoms with van der Waals surface area (Å²) in [6, 6.07) is 0. The third-order valence-electron chi connectivity index (χ3n) is 4.32. The summed E-state index contributed by atoms with van der Waals surface area (Å²) in [5.41, 5.74) is 0. The molecular formula is C20H36. The lowest BCUT2D eigenvalue weighted by atomic mass is 10.0. The summed E-state index contributed by atoms with van der Waals surface area (Å²) in [4.78, 5) is 0. The molecule has 1 aliphatic carbocycles. The molecule has 0 saturated heterocycles. The lowest BCUT2D eigenvalue weighted by Crippen LogP contribution is -1.82. The van der Waals surface area contributed by atoms with E-state index in [4.69, 9.17) is 0 Å². The molecule has 0 N–H and O–H groups in total. The second-order valence-corrected chi connectivity index (χ2v) is 6.34. The van der Waals surface area contributed by atoms with Crippen molar-refractivity contribution in [2.45, 2.75) is 103 Å². The first-order chi connectivity index (χ1) is 10.0. The van der Waals surface area contributed by atoms with Gasteiger partial charge in [0.15, 0.2) is 0 Å². The van der Waals surface area contributed by atoms with Crippen molar-refractivity contribution in [2.75, 3.05) is 0 Å². The van der Waals surface area contributed by atoms with Crippen LogP contribution in [0.1, 0.15) is 103 Å². The highest BCUT2D eigenvalue weighted by atomic mass is 14.0. The summed E-state index contributed by atoms with van der Waals surface area (Å²) in [5, 5.41) is 0. The molecule has 0 unspecified atom stereocenters. The summed E-state index contributed by atoms with van der Waals surface area (Å²) in [7, 11) is 0. The topological polar surface area (TPSA) is 0 Å². The van der Waals surface area contributed by atoms with Crippen LogP contribution in [0.15, 0.2) is 24.3 Å². The molecule has 0 aromatic heterocycles. The lowest BCUT2D eigenvalue weighted by Gasteiger charge is -2.02. The summed E-state index contributed by atoms with van der Waals surface area (Å²) < 4.78 is 0. The van der Waals surface area contributed by atoms with E-state index >= 15 is 0 Å². The zero-order valence-corrected chi connectivity index (χ0v) is 13.6. The van der Waals surface area contributed by atoms with Crippen LogP contribution < -0.4 is 0 Å². The number of allylic oxidation sites excluding steroid dienone is 4. The molecule has 0 fully saturated rings. The van der Waals surface area contributed by atoms with Crippen molar-refractivity contribution in [1.82, 2.24) is 0 Å². The molecule has 0 amide bonds. The van der Waals surface area contributed by atoms with Gasteiger partial charge in [-0.25, -0.2) is 0 Å². The third-order valence-corrected chi connectivity index (χ3v) is 4.32. The van der Waals surface area contributed by atoms with E-state index in [9.17, 15) is 0 Å². The number of hydrogen-bond donors (Lipinski definition) is 0. The Morgan fingerprint density at radius 1 is 0.250 bits per heavy atom. The Hall–Kier alpha value is -0.520. The van der Waals surface area contributed by atoms with Crippen LogP contribution in [0.5, 0.6) is 0 Å². The fraction of sp³-hybridized carbons (Fsp3) is 0.800. The van der Waals surface area contributed by atoms with Crippen LogP contribution in [0.25, 0.3) is 0 Å². The minimum atomic E-state index is 1.27. The van der Waals surface area contributed by atoms with Crippen LogP contribution in [0.4, 0.5) is 0 Å². The van der Waals surface area contributed by atoms with Crippen molar-refractivity contribution in [3.8, 4) is 0 Å². The van der Waals surface area contributed by atoms with Gasteiger partial charge in [0.2, 0.25) is 0 Å². The van der Waals surface area contributed by atoms with E-state index in [1.54, 1.807) is 0 Å². The first-order valence-corrected chi connectivity index (χ1v) is 9.30.